The van der Waals surface area contributed by atoms with E-state index in [0.29, 0.717) is 17.5 Å². The fourth-order valence-corrected chi connectivity index (χ4v) is 1.47. The maximum atomic E-state index is 10.7. The molecule has 1 aromatic carbocycles. The average Bonchev–Trinajstić information content (AvgIpc) is 2.28. The zero-order valence-electron chi connectivity index (χ0n) is 9.71. The normalized spacial score (nSPS) is 10.1. The van der Waals surface area contributed by atoms with Gasteiger partial charge in [0.25, 0.3) is 0 Å². The molecule has 0 spiro atoms. The van der Waals surface area contributed by atoms with E-state index in [4.69, 9.17) is 10.8 Å². The molecule has 0 radical (unpaired) electrons. The first-order valence-electron chi connectivity index (χ1n) is 5.26. The number of anilines is 3. The molecule has 0 amide bonds. The molecule has 0 unspecified atom stereocenters. The lowest BCUT2D eigenvalue weighted by Crippen LogP contribution is -2.02. The molecule has 0 atom stereocenters. The molecule has 6 heteroatoms. The van der Waals surface area contributed by atoms with Crippen molar-refractivity contribution in [3.8, 4) is 0 Å². The maximum absolute atomic E-state index is 10.7. The number of carboxylic acids is 1. The Balaban J connectivity index is 2.20. The van der Waals surface area contributed by atoms with Gasteiger partial charge in [-0.3, -0.25) is 0 Å². The van der Waals surface area contributed by atoms with Crippen LogP contribution in [0, 0.1) is 6.92 Å². The lowest BCUT2D eigenvalue weighted by molar-refractivity contribution is 0.0697. The van der Waals surface area contributed by atoms with Gasteiger partial charge in [-0.05, 0) is 31.2 Å². The van der Waals surface area contributed by atoms with E-state index in [9.17, 15) is 4.79 Å². The second-order valence-corrected chi connectivity index (χ2v) is 3.77. The van der Waals surface area contributed by atoms with Crippen LogP contribution in [0.15, 0.2) is 30.3 Å². The number of aryl methyl sites for hydroxylation is 1. The Morgan fingerprint density at radius 1 is 1.28 bits per heavy atom. The molecule has 0 bridgehead atoms. The van der Waals surface area contributed by atoms with Gasteiger partial charge in [-0.25, -0.2) is 9.78 Å². The Morgan fingerprint density at radius 2 is 1.94 bits per heavy atom. The van der Waals surface area contributed by atoms with Crippen LogP contribution in [0.3, 0.4) is 0 Å². The predicted molar refractivity (Wildman–Crippen MR) is 67.9 cm³/mol. The first-order valence-corrected chi connectivity index (χ1v) is 5.26. The van der Waals surface area contributed by atoms with Crippen LogP contribution in [0.25, 0.3) is 0 Å². The van der Waals surface area contributed by atoms with E-state index >= 15 is 0 Å². The van der Waals surface area contributed by atoms with Crippen molar-refractivity contribution in [2.75, 3.05) is 11.1 Å². The number of benzene rings is 1. The van der Waals surface area contributed by atoms with Gasteiger partial charge in [0.2, 0.25) is 5.95 Å². The summed E-state index contributed by atoms with van der Waals surface area (Å²) < 4.78 is 0. The highest BCUT2D eigenvalue weighted by Gasteiger charge is 2.03. The van der Waals surface area contributed by atoms with Crippen LogP contribution in [0.2, 0.25) is 0 Å². The molecule has 92 valence electrons. The predicted octanol–water partition coefficient (Wildman–Crippen LogP) is 1.81. The number of nitrogens with two attached hydrogens (primary N) is 1. The van der Waals surface area contributed by atoms with E-state index in [1.807, 2.05) is 6.92 Å². The molecular weight excluding hydrogens is 232 g/mol. The zero-order valence-corrected chi connectivity index (χ0v) is 9.71. The van der Waals surface area contributed by atoms with Gasteiger partial charge >= 0.3 is 5.97 Å². The number of hydrogen-bond donors (Lipinski definition) is 3. The molecule has 0 fully saturated rings. The maximum Gasteiger partial charge on any atom is 0.335 e. The van der Waals surface area contributed by atoms with Crippen LogP contribution in [0.5, 0.6) is 0 Å². The van der Waals surface area contributed by atoms with Crippen LogP contribution in [-0.4, -0.2) is 21.0 Å². The number of nitrogen functional groups attached to an aromatic ring is 1. The second-order valence-electron chi connectivity index (χ2n) is 3.77. The Morgan fingerprint density at radius 3 is 2.50 bits per heavy atom. The van der Waals surface area contributed by atoms with Crippen LogP contribution >= 0.6 is 0 Å². The van der Waals surface area contributed by atoms with Gasteiger partial charge < -0.3 is 16.2 Å². The molecule has 1 heterocycles. The summed E-state index contributed by atoms with van der Waals surface area (Å²) in [5.41, 5.74) is 7.29. The summed E-state index contributed by atoms with van der Waals surface area (Å²) in [4.78, 5) is 18.9. The molecule has 0 saturated heterocycles. The van der Waals surface area contributed by atoms with Crippen molar-refractivity contribution in [2.45, 2.75) is 6.92 Å². The summed E-state index contributed by atoms with van der Waals surface area (Å²) in [6.45, 7) is 1.82. The molecule has 6 nitrogen and oxygen atoms in total. The van der Waals surface area contributed by atoms with Crippen molar-refractivity contribution in [1.29, 1.82) is 0 Å². The second kappa shape index (κ2) is 4.70. The van der Waals surface area contributed by atoms with Crippen LogP contribution in [0.4, 0.5) is 17.5 Å². The van der Waals surface area contributed by atoms with Gasteiger partial charge in [-0.1, -0.05) is 0 Å². The molecular formula is C12H12N4O2. The van der Waals surface area contributed by atoms with Crippen molar-refractivity contribution in [1.82, 2.24) is 9.97 Å². The van der Waals surface area contributed by atoms with Gasteiger partial charge in [0.15, 0.2) is 0 Å². The highest BCUT2D eigenvalue weighted by atomic mass is 16.4. The van der Waals surface area contributed by atoms with Gasteiger partial charge in [-0.2, -0.15) is 4.98 Å². The molecule has 0 aliphatic rings. The smallest absolute Gasteiger partial charge is 0.335 e. The van der Waals surface area contributed by atoms with Gasteiger partial charge in [0.05, 0.1) is 5.56 Å². The highest BCUT2D eigenvalue weighted by Crippen LogP contribution is 2.15. The number of aromatic carboxylic acids is 1. The largest absolute Gasteiger partial charge is 0.478 e. The molecule has 1 aromatic heterocycles. The summed E-state index contributed by atoms with van der Waals surface area (Å²) >= 11 is 0. The molecule has 18 heavy (non-hydrogen) atoms. The summed E-state index contributed by atoms with van der Waals surface area (Å²) in [5, 5.41) is 11.7. The minimum absolute atomic E-state index is 0.227. The van der Waals surface area contributed by atoms with Crippen molar-refractivity contribution >= 4 is 23.4 Å². The third-order valence-corrected chi connectivity index (χ3v) is 2.26. The van der Waals surface area contributed by atoms with E-state index in [-0.39, 0.29) is 5.56 Å². The van der Waals surface area contributed by atoms with E-state index in [1.54, 1.807) is 18.2 Å². The number of aromatic nitrogens is 2. The van der Waals surface area contributed by atoms with Crippen LogP contribution in [-0.2, 0) is 0 Å². The Labute approximate surface area is 104 Å². The number of carbonyl (C=O) groups is 1. The number of hydrogen-bond acceptors (Lipinski definition) is 5. The quantitative estimate of drug-likeness (QED) is 0.761. The van der Waals surface area contributed by atoms with Gasteiger partial charge in [0.1, 0.15) is 5.82 Å². The summed E-state index contributed by atoms with van der Waals surface area (Å²) in [7, 11) is 0. The van der Waals surface area contributed by atoms with E-state index in [1.165, 1.54) is 12.1 Å². The SMILES string of the molecule is Cc1cc(N)nc(Nc2ccc(C(=O)O)cc2)n1. The zero-order chi connectivity index (χ0) is 13.1. The first kappa shape index (κ1) is 11.8. The van der Waals surface area contributed by atoms with Crippen molar-refractivity contribution in [2.24, 2.45) is 0 Å². The average molecular weight is 244 g/mol. The summed E-state index contributed by atoms with van der Waals surface area (Å²) in [5.74, 6) is -0.194. The van der Waals surface area contributed by atoms with E-state index < -0.39 is 5.97 Å². The van der Waals surface area contributed by atoms with Crippen molar-refractivity contribution in [3.05, 3.63) is 41.6 Å². The third-order valence-electron chi connectivity index (χ3n) is 2.26. The summed E-state index contributed by atoms with van der Waals surface area (Å²) in [6, 6.07) is 7.96. The lowest BCUT2D eigenvalue weighted by Gasteiger charge is -2.06. The standard InChI is InChI=1S/C12H12N4O2/c1-7-6-10(13)16-12(14-7)15-9-4-2-8(3-5-9)11(17)18/h2-6H,1H3,(H,17,18)(H3,13,14,15,16). The molecule has 2 aromatic rings. The van der Waals surface area contributed by atoms with Gasteiger partial charge in [0, 0.05) is 17.4 Å². The number of nitrogens with zero attached hydrogens (tertiary/aromatic N) is 2. The Hall–Kier alpha value is -2.63. The molecule has 0 aliphatic carbocycles. The fraction of sp³-hybridized carbons (Fsp3) is 0.0833. The minimum atomic E-state index is -0.961. The van der Waals surface area contributed by atoms with Crippen LogP contribution in [0.1, 0.15) is 16.1 Å². The minimum Gasteiger partial charge on any atom is -0.478 e. The molecule has 2 rings (SSSR count). The number of carboxylic acid groups (broad SMARTS) is 1. The topological polar surface area (TPSA) is 101 Å². The van der Waals surface area contributed by atoms with Crippen molar-refractivity contribution < 1.29 is 9.90 Å². The van der Waals surface area contributed by atoms with Crippen molar-refractivity contribution in [3.63, 3.8) is 0 Å². The molecule has 4 N–H and O–H groups in total. The first-order chi connectivity index (χ1) is 8.54. The van der Waals surface area contributed by atoms with Crippen LogP contribution < -0.4 is 11.1 Å². The summed E-state index contributed by atoms with van der Waals surface area (Å²) in [6.07, 6.45) is 0. The van der Waals surface area contributed by atoms with Gasteiger partial charge in [-0.15, -0.1) is 0 Å². The molecule has 0 aliphatic heterocycles. The highest BCUT2D eigenvalue weighted by molar-refractivity contribution is 5.88. The Bertz CT molecular complexity index is 561. The third kappa shape index (κ3) is 2.73. The fourth-order valence-electron chi connectivity index (χ4n) is 1.47. The monoisotopic (exact) mass is 244 g/mol. The number of nitrogens with one attached hydrogen (secondary N) is 1. The van der Waals surface area contributed by atoms with E-state index in [2.05, 4.69) is 15.3 Å². The number of rotatable bonds is 3. The molecule has 0 saturated carbocycles. The lowest BCUT2D eigenvalue weighted by atomic mass is 10.2. The Kier molecular flexibility index (Phi) is 3.09. The van der Waals surface area contributed by atoms with E-state index in [0.717, 1.165) is 5.69 Å².